The van der Waals surface area contributed by atoms with Gasteiger partial charge in [0, 0.05) is 0 Å². The number of nitrogens with one attached hydrogen (secondary N) is 1. The molecule has 0 bridgehead atoms. The third-order valence-electron chi connectivity index (χ3n) is 2.05. The van der Waals surface area contributed by atoms with E-state index >= 15 is 0 Å². The van der Waals surface area contributed by atoms with Crippen LogP contribution in [0.4, 0.5) is 4.79 Å². The second kappa shape index (κ2) is 7.20. The lowest BCUT2D eigenvalue weighted by Crippen LogP contribution is -2.29. The average Bonchev–Trinajstić information content (AvgIpc) is 2.36. The van der Waals surface area contributed by atoms with Crippen LogP contribution in [0, 0.1) is 0 Å². The van der Waals surface area contributed by atoms with Gasteiger partial charge >= 0.3 is 12.1 Å². The predicted molar refractivity (Wildman–Crippen MR) is 70.1 cm³/mol. The van der Waals surface area contributed by atoms with Crippen LogP contribution in [-0.4, -0.2) is 18.2 Å². The van der Waals surface area contributed by atoms with Crippen molar-refractivity contribution >= 4 is 12.1 Å². The lowest BCUT2D eigenvalue weighted by atomic mass is 10.2. The highest BCUT2D eigenvalue weighted by Gasteiger charge is 2.14. The van der Waals surface area contributed by atoms with Crippen molar-refractivity contribution in [3.05, 3.63) is 48.2 Å². The van der Waals surface area contributed by atoms with Crippen LogP contribution in [0.2, 0.25) is 0 Å². The molecule has 0 aliphatic rings. The van der Waals surface area contributed by atoms with Gasteiger partial charge in [0.05, 0.1) is 6.10 Å². The summed E-state index contributed by atoms with van der Waals surface area (Å²) in [5.41, 5.74) is 0.708. The molecule has 0 aliphatic heterocycles. The van der Waals surface area contributed by atoms with Crippen molar-refractivity contribution in [3.63, 3.8) is 0 Å². The van der Waals surface area contributed by atoms with E-state index < -0.39 is 12.1 Å². The summed E-state index contributed by atoms with van der Waals surface area (Å²) in [5.74, 6) is -0.674. The molecular formula is C14H17NO4. The first-order chi connectivity index (χ1) is 8.99. The number of amides is 1. The molecular weight excluding hydrogens is 246 g/mol. The summed E-state index contributed by atoms with van der Waals surface area (Å²) in [6.45, 7) is 6.95. The third-order valence-corrected chi connectivity index (χ3v) is 2.05. The number of ether oxygens (including phenoxy) is 2. The molecule has 0 heterocycles. The van der Waals surface area contributed by atoms with E-state index in [1.165, 1.54) is 0 Å². The largest absolute Gasteiger partial charge is 0.458 e. The van der Waals surface area contributed by atoms with Crippen LogP contribution >= 0.6 is 0 Å². The monoisotopic (exact) mass is 263 g/mol. The van der Waals surface area contributed by atoms with Gasteiger partial charge in [-0.15, -0.1) is 0 Å². The van der Waals surface area contributed by atoms with E-state index in [-0.39, 0.29) is 18.4 Å². The molecule has 5 nitrogen and oxygen atoms in total. The minimum atomic E-state index is -0.741. The van der Waals surface area contributed by atoms with Crippen LogP contribution in [0.15, 0.2) is 42.6 Å². The molecule has 102 valence electrons. The van der Waals surface area contributed by atoms with Crippen LogP contribution in [0.5, 0.6) is 0 Å². The van der Waals surface area contributed by atoms with Crippen LogP contribution in [0.1, 0.15) is 19.4 Å². The van der Waals surface area contributed by atoms with Gasteiger partial charge in [0.25, 0.3) is 0 Å². The quantitative estimate of drug-likeness (QED) is 0.654. The van der Waals surface area contributed by atoms with Crippen molar-refractivity contribution in [2.45, 2.75) is 26.6 Å². The van der Waals surface area contributed by atoms with Crippen molar-refractivity contribution in [2.75, 3.05) is 0 Å². The molecule has 0 unspecified atom stereocenters. The maximum Gasteiger partial charge on any atom is 0.412 e. The number of carbonyl (C=O) groups excluding carboxylic acids is 2. The zero-order chi connectivity index (χ0) is 14.3. The first kappa shape index (κ1) is 14.8. The predicted octanol–water partition coefficient (Wildman–Crippen LogP) is 2.38. The fourth-order valence-electron chi connectivity index (χ4n) is 1.22. The van der Waals surface area contributed by atoms with Crippen molar-refractivity contribution in [2.24, 2.45) is 0 Å². The van der Waals surface area contributed by atoms with E-state index in [4.69, 9.17) is 9.47 Å². The Hall–Kier alpha value is -2.30. The minimum absolute atomic E-state index is 0.124. The molecule has 1 rings (SSSR count). The van der Waals surface area contributed by atoms with Crippen LogP contribution < -0.4 is 5.32 Å². The van der Waals surface area contributed by atoms with Crippen LogP contribution in [0.3, 0.4) is 0 Å². The highest BCUT2D eigenvalue weighted by molar-refractivity contribution is 5.91. The molecule has 1 aromatic rings. The Kier molecular flexibility index (Phi) is 5.60. The molecule has 1 N–H and O–H groups in total. The molecule has 0 saturated carbocycles. The number of hydrogen-bond acceptors (Lipinski definition) is 4. The van der Waals surface area contributed by atoms with Gasteiger partial charge in [-0.1, -0.05) is 36.9 Å². The first-order valence-electron chi connectivity index (χ1n) is 5.86. The molecule has 0 radical (unpaired) electrons. The summed E-state index contributed by atoms with van der Waals surface area (Å²) in [4.78, 5) is 22.8. The van der Waals surface area contributed by atoms with Gasteiger partial charge in [0.15, 0.2) is 0 Å². The topological polar surface area (TPSA) is 64.6 Å². The second-order valence-electron chi connectivity index (χ2n) is 4.12. The number of rotatable bonds is 5. The van der Waals surface area contributed by atoms with Crippen molar-refractivity contribution < 1.29 is 19.1 Å². The zero-order valence-corrected chi connectivity index (χ0v) is 11.0. The average molecular weight is 263 g/mol. The fourth-order valence-corrected chi connectivity index (χ4v) is 1.22. The summed E-state index contributed by atoms with van der Waals surface area (Å²) in [6.07, 6.45) is -1.01. The molecule has 0 aliphatic carbocycles. The van der Waals surface area contributed by atoms with Gasteiger partial charge < -0.3 is 9.47 Å². The van der Waals surface area contributed by atoms with Gasteiger partial charge in [-0.05, 0) is 19.4 Å². The third kappa shape index (κ3) is 5.72. The Morgan fingerprint density at radius 1 is 1.26 bits per heavy atom. The lowest BCUT2D eigenvalue weighted by Gasteiger charge is -2.11. The second-order valence-corrected chi connectivity index (χ2v) is 4.12. The van der Waals surface area contributed by atoms with Gasteiger partial charge in [-0.3, -0.25) is 5.32 Å². The molecule has 0 aromatic heterocycles. The van der Waals surface area contributed by atoms with E-state index in [2.05, 4.69) is 11.9 Å². The molecule has 1 aromatic carbocycles. The molecule has 5 heteroatoms. The fraction of sp³-hybridized carbons (Fsp3) is 0.286. The van der Waals surface area contributed by atoms with Crippen LogP contribution in [-0.2, 0) is 20.9 Å². The van der Waals surface area contributed by atoms with Crippen molar-refractivity contribution in [3.8, 4) is 0 Å². The normalized spacial score (nSPS) is 9.84. The number of benzene rings is 1. The highest BCUT2D eigenvalue weighted by Crippen LogP contribution is 2.01. The van der Waals surface area contributed by atoms with Gasteiger partial charge in [0.1, 0.15) is 12.3 Å². The number of alkyl carbamates (subject to hydrolysis) is 1. The Morgan fingerprint density at radius 3 is 2.47 bits per heavy atom. The standard InChI is InChI=1S/C14H17NO4/c1-10(2)19-13(16)11(3)15-14(17)18-9-12-7-5-4-6-8-12/h4-8,10H,3,9H2,1-2H3,(H,15,17). The maximum absolute atomic E-state index is 11.4. The number of carbonyl (C=O) groups is 2. The molecule has 0 spiro atoms. The Labute approximate surface area is 112 Å². The number of hydrogen-bond donors (Lipinski definition) is 1. The maximum atomic E-state index is 11.4. The zero-order valence-electron chi connectivity index (χ0n) is 11.0. The van der Waals surface area contributed by atoms with E-state index in [1.54, 1.807) is 13.8 Å². The van der Waals surface area contributed by atoms with E-state index in [0.717, 1.165) is 5.56 Å². The van der Waals surface area contributed by atoms with Gasteiger partial charge in [0.2, 0.25) is 0 Å². The number of esters is 1. The Balaban J connectivity index is 2.35. The summed E-state index contributed by atoms with van der Waals surface area (Å²) in [6, 6.07) is 9.21. The Bertz CT molecular complexity index is 454. The summed E-state index contributed by atoms with van der Waals surface area (Å²) < 4.78 is 9.80. The SMILES string of the molecule is C=C(NC(=O)OCc1ccccc1)C(=O)OC(C)C. The van der Waals surface area contributed by atoms with E-state index in [0.29, 0.717) is 0 Å². The highest BCUT2D eigenvalue weighted by atomic mass is 16.6. The molecule has 0 fully saturated rings. The Morgan fingerprint density at radius 2 is 1.89 bits per heavy atom. The van der Waals surface area contributed by atoms with Gasteiger partial charge in [-0.2, -0.15) is 0 Å². The van der Waals surface area contributed by atoms with E-state index in [9.17, 15) is 9.59 Å². The van der Waals surface area contributed by atoms with Crippen LogP contribution in [0.25, 0.3) is 0 Å². The lowest BCUT2D eigenvalue weighted by molar-refractivity contribution is -0.143. The van der Waals surface area contributed by atoms with E-state index in [1.807, 2.05) is 30.3 Å². The summed E-state index contributed by atoms with van der Waals surface area (Å²) in [5, 5.41) is 2.23. The van der Waals surface area contributed by atoms with Crippen molar-refractivity contribution in [1.29, 1.82) is 0 Å². The summed E-state index contributed by atoms with van der Waals surface area (Å²) in [7, 11) is 0. The smallest absolute Gasteiger partial charge is 0.412 e. The first-order valence-corrected chi connectivity index (χ1v) is 5.86. The molecule has 1 amide bonds. The minimum Gasteiger partial charge on any atom is -0.458 e. The van der Waals surface area contributed by atoms with Gasteiger partial charge in [-0.25, -0.2) is 9.59 Å². The summed E-state index contributed by atoms with van der Waals surface area (Å²) >= 11 is 0. The van der Waals surface area contributed by atoms with Crippen molar-refractivity contribution in [1.82, 2.24) is 5.32 Å². The molecule has 19 heavy (non-hydrogen) atoms. The molecule has 0 saturated heterocycles. The molecule has 0 atom stereocenters.